The molecule has 0 aliphatic carbocycles. The van der Waals surface area contributed by atoms with E-state index in [9.17, 15) is 23.3 Å². The Morgan fingerprint density at radius 2 is 1.92 bits per heavy atom. The number of sulfonamides is 1. The standard InChI is InChI=1S/C13H18ClN3O6S/c1-13(2,3)23-12(18)16(5)11-9(14)6-8(17(19)20)7-10(11)24(21,22)15-4/h6-7,15H,1-5H3. The molecule has 1 aromatic carbocycles. The van der Waals surface area contributed by atoms with Gasteiger partial charge in [-0.15, -0.1) is 0 Å². The van der Waals surface area contributed by atoms with Gasteiger partial charge in [-0.25, -0.2) is 17.9 Å². The van der Waals surface area contributed by atoms with Crippen molar-refractivity contribution in [2.75, 3.05) is 19.0 Å². The van der Waals surface area contributed by atoms with Crippen LogP contribution in [0.1, 0.15) is 20.8 Å². The lowest BCUT2D eigenvalue weighted by atomic mass is 10.2. The van der Waals surface area contributed by atoms with E-state index in [2.05, 4.69) is 0 Å². The van der Waals surface area contributed by atoms with E-state index in [1.165, 1.54) is 7.05 Å². The van der Waals surface area contributed by atoms with E-state index in [1.807, 2.05) is 4.72 Å². The molecule has 0 unspecified atom stereocenters. The van der Waals surface area contributed by atoms with Gasteiger partial charge >= 0.3 is 6.09 Å². The minimum absolute atomic E-state index is 0.217. The predicted molar refractivity (Wildman–Crippen MR) is 89.0 cm³/mol. The van der Waals surface area contributed by atoms with Crippen molar-refractivity contribution in [3.05, 3.63) is 27.3 Å². The lowest BCUT2D eigenvalue weighted by molar-refractivity contribution is -0.385. The summed E-state index contributed by atoms with van der Waals surface area (Å²) >= 11 is 6.01. The first-order valence-electron chi connectivity index (χ1n) is 6.68. The Bertz CT molecular complexity index is 773. The second-order valence-corrected chi connectivity index (χ2v) is 8.04. The number of hydrogen-bond acceptors (Lipinski definition) is 6. The van der Waals surface area contributed by atoms with Crippen molar-refractivity contribution in [1.82, 2.24) is 4.72 Å². The van der Waals surface area contributed by atoms with Crippen molar-refractivity contribution in [1.29, 1.82) is 0 Å². The third-order valence-corrected chi connectivity index (χ3v) is 4.50. The maximum absolute atomic E-state index is 12.2. The summed E-state index contributed by atoms with van der Waals surface area (Å²) in [5.74, 6) is 0. The van der Waals surface area contributed by atoms with Crippen molar-refractivity contribution in [3.63, 3.8) is 0 Å². The molecule has 9 nitrogen and oxygen atoms in total. The molecule has 0 saturated heterocycles. The van der Waals surface area contributed by atoms with Crippen LogP contribution in [0, 0.1) is 10.1 Å². The van der Waals surface area contributed by atoms with Gasteiger partial charge in [0.2, 0.25) is 10.0 Å². The molecule has 1 amide bonds. The number of hydrogen-bond donors (Lipinski definition) is 1. The lowest BCUT2D eigenvalue weighted by Crippen LogP contribution is -2.35. The summed E-state index contributed by atoms with van der Waals surface area (Å²) in [4.78, 5) is 22.8. The van der Waals surface area contributed by atoms with Gasteiger partial charge in [0.05, 0.1) is 15.6 Å². The van der Waals surface area contributed by atoms with Crippen molar-refractivity contribution in [2.24, 2.45) is 0 Å². The monoisotopic (exact) mass is 379 g/mol. The van der Waals surface area contributed by atoms with Crippen molar-refractivity contribution < 1.29 is 22.9 Å². The maximum Gasteiger partial charge on any atom is 0.414 e. The van der Waals surface area contributed by atoms with Gasteiger partial charge < -0.3 is 4.74 Å². The highest BCUT2D eigenvalue weighted by molar-refractivity contribution is 7.89. The fourth-order valence-corrected chi connectivity index (χ4v) is 3.12. The average Bonchev–Trinajstić information content (AvgIpc) is 2.43. The summed E-state index contributed by atoms with van der Waals surface area (Å²) in [5, 5.41) is 10.7. The highest BCUT2D eigenvalue weighted by Gasteiger charge is 2.30. The number of non-ortho nitro benzene ring substituents is 1. The third kappa shape index (κ3) is 4.56. The van der Waals surface area contributed by atoms with Crippen LogP contribution in [0.15, 0.2) is 17.0 Å². The molecule has 0 spiro atoms. The summed E-state index contributed by atoms with van der Waals surface area (Å²) in [7, 11) is -1.72. The van der Waals surface area contributed by atoms with Gasteiger partial charge in [0.1, 0.15) is 10.5 Å². The number of nitrogens with zero attached hydrogens (tertiary/aromatic N) is 2. The molecule has 0 bridgehead atoms. The van der Waals surface area contributed by atoms with Crippen molar-refractivity contribution in [3.8, 4) is 0 Å². The molecular weight excluding hydrogens is 362 g/mol. The zero-order valence-corrected chi connectivity index (χ0v) is 15.4. The summed E-state index contributed by atoms with van der Waals surface area (Å²) in [6.07, 6.45) is -0.856. The number of carbonyl (C=O) groups excluding carboxylic acids is 1. The molecule has 11 heteroatoms. The Balaban J connectivity index is 3.57. The molecule has 0 heterocycles. The molecule has 1 N–H and O–H groups in total. The summed E-state index contributed by atoms with van der Waals surface area (Å²) in [6.45, 7) is 4.92. The van der Waals surface area contributed by atoms with Crippen LogP contribution >= 0.6 is 11.6 Å². The molecule has 0 fully saturated rings. The Morgan fingerprint density at radius 1 is 1.38 bits per heavy atom. The lowest BCUT2D eigenvalue weighted by Gasteiger charge is -2.26. The van der Waals surface area contributed by atoms with E-state index < -0.39 is 37.2 Å². The van der Waals surface area contributed by atoms with Crippen LogP contribution in [0.25, 0.3) is 0 Å². The number of ether oxygens (including phenoxy) is 1. The Morgan fingerprint density at radius 3 is 2.33 bits per heavy atom. The summed E-state index contributed by atoms with van der Waals surface area (Å²) < 4.78 is 31.6. The summed E-state index contributed by atoms with van der Waals surface area (Å²) in [6, 6.07) is 1.79. The zero-order valence-electron chi connectivity index (χ0n) is 13.8. The van der Waals surface area contributed by atoms with E-state index in [4.69, 9.17) is 16.3 Å². The molecule has 24 heavy (non-hydrogen) atoms. The van der Waals surface area contributed by atoms with Gasteiger partial charge in [0.15, 0.2) is 0 Å². The maximum atomic E-state index is 12.2. The van der Waals surface area contributed by atoms with Gasteiger partial charge in [0.25, 0.3) is 5.69 Å². The minimum Gasteiger partial charge on any atom is -0.443 e. The normalized spacial score (nSPS) is 11.9. The van der Waals surface area contributed by atoms with Crippen molar-refractivity contribution in [2.45, 2.75) is 31.3 Å². The molecule has 1 rings (SSSR count). The van der Waals surface area contributed by atoms with Gasteiger partial charge in [-0.1, -0.05) is 11.6 Å². The first-order chi connectivity index (χ1) is 10.8. The topological polar surface area (TPSA) is 119 Å². The third-order valence-electron chi connectivity index (χ3n) is 2.79. The van der Waals surface area contributed by atoms with Crippen molar-refractivity contribution >= 4 is 39.1 Å². The van der Waals surface area contributed by atoms with Gasteiger partial charge in [0, 0.05) is 19.2 Å². The molecular formula is C13H18ClN3O6S. The predicted octanol–water partition coefficient (Wildman–Crippen LogP) is 2.53. The molecule has 0 saturated carbocycles. The Hall–Kier alpha value is -1.91. The van der Waals surface area contributed by atoms with E-state index in [1.54, 1.807) is 20.8 Å². The highest BCUT2D eigenvalue weighted by atomic mass is 35.5. The summed E-state index contributed by atoms with van der Waals surface area (Å²) in [5.41, 5.74) is -1.55. The molecule has 0 aromatic heterocycles. The van der Waals surface area contributed by atoms with E-state index in [-0.39, 0.29) is 10.7 Å². The molecule has 1 aromatic rings. The number of halogens is 1. The quantitative estimate of drug-likeness (QED) is 0.634. The van der Waals surface area contributed by atoms with E-state index in [0.717, 1.165) is 24.1 Å². The number of benzene rings is 1. The van der Waals surface area contributed by atoms with Crippen LogP contribution in [0.2, 0.25) is 5.02 Å². The van der Waals surface area contributed by atoms with Crippen LogP contribution in [0.3, 0.4) is 0 Å². The van der Waals surface area contributed by atoms with Gasteiger partial charge in [-0.3, -0.25) is 15.0 Å². The number of nitro groups is 1. The average molecular weight is 380 g/mol. The highest BCUT2D eigenvalue weighted by Crippen LogP contribution is 2.37. The molecule has 0 radical (unpaired) electrons. The molecule has 0 atom stereocenters. The first-order valence-corrected chi connectivity index (χ1v) is 8.54. The largest absolute Gasteiger partial charge is 0.443 e. The number of amides is 1. The Labute approximate surface area is 144 Å². The second-order valence-electron chi connectivity index (χ2n) is 5.78. The SMILES string of the molecule is CNS(=O)(=O)c1cc([N+](=O)[O-])cc(Cl)c1N(C)C(=O)OC(C)(C)C. The number of carbonyl (C=O) groups is 1. The number of nitrogens with one attached hydrogen (secondary N) is 1. The van der Waals surface area contributed by atoms with Crippen LogP contribution in [0.5, 0.6) is 0 Å². The number of anilines is 1. The second kappa shape index (κ2) is 6.91. The van der Waals surface area contributed by atoms with Crippen LogP contribution in [-0.4, -0.2) is 39.1 Å². The van der Waals surface area contributed by atoms with E-state index in [0.29, 0.717) is 0 Å². The fraction of sp³-hybridized carbons (Fsp3) is 0.462. The van der Waals surface area contributed by atoms with E-state index >= 15 is 0 Å². The van der Waals surface area contributed by atoms with Crippen LogP contribution < -0.4 is 9.62 Å². The zero-order chi connectivity index (χ0) is 18.9. The van der Waals surface area contributed by atoms with Gasteiger partial charge in [-0.2, -0.15) is 0 Å². The van der Waals surface area contributed by atoms with Gasteiger partial charge in [-0.05, 0) is 27.8 Å². The van der Waals surface area contributed by atoms with Crippen LogP contribution in [-0.2, 0) is 14.8 Å². The smallest absolute Gasteiger partial charge is 0.414 e. The molecule has 0 aliphatic rings. The molecule has 0 aliphatic heterocycles. The Kier molecular flexibility index (Phi) is 5.80. The first kappa shape index (κ1) is 20.1. The number of nitro benzene ring substituents is 1. The fourth-order valence-electron chi connectivity index (χ4n) is 1.73. The van der Waals surface area contributed by atoms with Crippen LogP contribution in [0.4, 0.5) is 16.2 Å². The minimum atomic E-state index is -4.12. The molecule has 134 valence electrons. The number of rotatable bonds is 4.